The number of aromatic nitrogens is 1. The van der Waals surface area contributed by atoms with Gasteiger partial charge in [-0.2, -0.15) is 0 Å². The maximum absolute atomic E-state index is 12.5. The highest BCUT2D eigenvalue weighted by atomic mass is 35.5. The van der Waals surface area contributed by atoms with Gasteiger partial charge in [-0.25, -0.2) is 4.98 Å². The summed E-state index contributed by atoms with van der Waals surface area (Å²) >= 11 is 12.0. The fourth-order valence-corrected chi connectivity index (χ4v) is 2.33. The van der Waals surface area contributed by atoms with Gasteiger partial charge in [-0.3, -0.25) is 4.79 Å². The van der Waals surface area contributed by atoms with E-state index in [-0.39, 0.29) is 28.5 Å². The zero-order valence-electron chi connectivity index (χ0n) is 11.7. The summed E-state index contributed by atoms with van der Waals surface area (Å²) in [6.45, 7) is 1.91. The molecule has 0 aliphatic heterocycles. The molecule has 2 N–H and O–H groups in total. The van der Waals surface area contributed by atoms with E-state index in [0.717, 1.165) is 5.56 Å². The summed E-state index contributed by atoms with van der Waals surface area (Å²) in [5, 5.41) is 0.902. The Kier molecular flexibility index (Phi) is 4.70. The molecule has 0 aliphatic rings. The van der Waals surface area contributed by atoms with Crippen molar-refractivity contribution >= 4 is 34.9 Å². The second kappa shape index (κ2) is 6.33. The van der Waals surface area contributed by atoms with Crippen LogP contribution in [0.3, 0.4) is 0 Å². The van der Waals surface area contributed by atoms with Crippen molar-refractivity contribution < 1.29 is 4.79 Å². The summed E-state index contributed by atoms with van der Waals surface area (Å²) < 4.78 is 0. The van der Waals surface area contributed by atoms with Crippen LogP contribution in [0.15, 0.2) is 36.4 Å². The molecule has 2 rings (SSSR count). The van der Waals surface area contributed by atoms with Crippen molar-refractivity contribution in [1.82, 2.24) is 9.88 Å². The van der Waals surface area contributed by atoms with Gasteiger partial charge in [0.05, 0.1) is 11.1 Å². The van der Waals surface area contributed by atoms with Gasteiger partial charge in [0.15, 0.2) is 0 Å². The Morgan fingerprint density at radius 1 is 1.29 bits per heavy atom. The first kappa shape index (κ1) is 15.6. The third-order valence-corrected chi connectivity index (χ3v) is 3.84. The van der Waals surface area contributed by atoms with Gasteiger partial charge < -0.3 is 10.6 Å². The Labute approximate surface area is 133 Å². The van der Waals surface area contributed by atoms with Crippen LogP contribution in [0.1, 0.15) is 29.0 Å². The third-order valence-electron chi connectivity index (χ3n) is 3.30. The Morgan fingerprint density at radius 3 is 2.67 bits per heavy atom. The van der Waals surface area contributed by atoms with E-state index in [0.29, 0.717) is 5.02 Å². The van der Waals surface area contributed by atoms with Gasteiger partial charge in [0.2, 0.25) is 0 Å². The number of nitrogen functional groups attached to an aromatic ring is 1. The maximum atomic E-state index is 12.5. The Hall–Kier alpha value is -1.78. The fourth-order valence-electron chi connectivity index (χ4n) is 1.94. The number of carbonyl (C=O) groups is 1. The lowest BCUT2D eigenvalue weighted by Crippen LogP contribution is -2.30. The maximum Gasteiger partial charge on any atom is 0.274 e. The SMILES string of the molecule is CC(c1cccc(Cl)c1)N(C)C(=O)c1nc(N)ccc1Cl. The molecule has 1 aromatic carbocycles. The molecule has 4 nitrogen and oxygen atoms in total. The first-order valence-electron chi connectivity index (χ1n) is 6.35. The summed E-state index contributed by atoms with van der Waals surface area (Å²) in [6, 6.07) is 10.3. The van der Waals surface area contributed by atoms with Gasteiger partial charge in [0.25, 0.3) is 5.91 Å². The van der Waals surface area contributed by atoms with Gasteiger partial charge in [-0.1, -0.05) is 35.3 Å². The molecule has 0 saturated carbocycles. The summed E-state index contributed by atoms with van der Waals surface area (Å²) in [5.41, 5.74) is 6.69. The number of benzene rings is 1. The molecule has 0 fully saturated rings. The number of rotatable bonds is 3. The van der Waals surface area contributed by atoms with E-state index in [1.54, 1.807) is 30.1 Å². The summed E-state index contributed by atoms with van der Waals surface area (Å²) in [4.78, 5) is 18.1. The van der Waals surface area contributed by atoms with Crippen LogP contribution in [0.25, 0.3) is 0 Å². The van der Waals surface area contributed by atoms with Crippen molar-refractivity contribution in [2.24, 2.45) is 0 Å². The van der Waals surface area contributed by atoms with E-state index in [1.165, 1.54) is 0 Å². The van der Waals surface area contributed by atoms with Crippen LogP contribution in [0, 0.1) is 0 Å². The normalized spacial score (nSPS) is 12.0. The molecule has 0 bridgehead atoms. The van der Waals surface area contributed by atoms with Gasteiger partial charge in [0, 0.05) is 12.1 Å². The molecule has 110 valence electrons. The zero-order chi connectivity index (χ0) is 15.6. The van der Waals surface area contributed by atoms with Crippen molar-refractivity contribution in [3.05, 3.63) is 57.7 Å². The number of halogens is 2. The van der Waals surface area contributed by atoms with Gasteiger partial charge in [-0.15, -0.1) is 0 Å². The van der Waals surface area contributed by atoms with Crippen molar-refractivity contribution in [2.45, 2.75) is 13.0 Å². The molecule has 21 heavy (non-hydrogen) atoms. The lowest BCUT2D eigenvalue weighted by atomic mass is 10.1. The standard InChI is InChI=1S/C15H15Cl2N3O/c1-9(10-4-3-5-11(16)8-10)20(2)15(21)14-12(17)6-7-13(18)19-14/h3-9H,1-2H3,(H2,18,19). The van der Waals surface area contributed by atoms with E-state index in [9.17, 15) is 4.79 Å². The number of amides is 1. The molecule has 0 aliphatic carbocycles. The summed E-state index contributed by atoms with van der Waals surface area (Å²) in [6.07, 6.45) is 0. The average Bonchev–Trinajstić information content (AvgIpc) is 2.47. The van der Waals surface area contributed by atoms with Crippen molar-refractivity contribution in [1.29, 1.82) is 0 Å². The minimum absolute atomic E-state index is 0.146. The van der Waals surface area contributed by atoms with Crippen molar-refractivity contribution in [2.75, 3.05) is 12.8 Å². The molecular weight excluding hydrogens is 309 g/mol. The van der Waals surface area contributed by atoms with E-state index in [4.69, 9.17) is 28.9 Å². The first-order valence-corrected chi connectivity index (χ1v) is 7.10. The number of carbonyl (C=O) groups excluding carboxylic acids is 1. The number of hydrogen-bond acceptors (Lipinski definition) is 3. The zero-order valence-corrected chi connectivity index (χ0v) is 13.2. The van der Waals surface area contributed by atoms with Crippen LogP contribution in [0.2, 0.25) is 10.0 Å². The second-order valence-corrected chi connectivity index (χ2v) is 5.56. The van der Waals surface area contributed by atoms with Crippen molar-refractivity contribution in [3.63, 3.8) is 0 Å². The quantitative estimate of drug-likeness (QED) is 0.934. The topological polar surface area (TPSA) is 59.2 Å². The van der Waals surface area contributed by atoms with Crippen LogP contribution < -0.4 is 5.73 Å². The van der Waals surface area contributed by atoms with Gasteiger partial charge in [0.1, 0.15) is 11.5 Å². The molecule has 1 aromatic heterocycles. The highest BCUT2D eigenvalue weighted by Crippen LogP contribution is 2.25. The highest BCUT2D eigenvalue weighted by Gasteiger charge is 2.22. The fraction of sp³-hybridized carbons (Fsp3) is 0.200. The molecule has 6 heteroatoms. The van der Waals surface area contributed by atoms with E-state index < -0.39 is 0 Å². The predicted octanol–water partition coefficient (Wildman–Crippen LogP) is 3.80. The lowest BCUT2D eigenvalue weighted by Gasteiger charge is -2.25. The number of pyridine rings is 1. The first-order chi connectivity index (χ1) is 9.90. The minimum atomic E-state index is -0.292. The molecule has 0 spiro atoms. The number of nitrogens with zero attached hydrogens (tertiary/aromatic N) is 2. The van der Waals surface area contributed by atoms with Crippen LogP contribution >= 0.6 is 23.2 Å². The molecule has 0 saturated heterocycles. The number of nitrogens with two attached hydrogens (primary N) is 1. The Balaban J connectivity index is 2.28. The van der Waals surface area contributed by atoms with Crippen molar-refractivity contribution in [3.8, 4) is 0 Å². The molecular formula is C15H15Cl2N3O. The monoisotopic (exact) mass is 323 g/mol. The largest absolute Gasteiger partial charge is 0.384 e. The van der Waals surface area contributed by atoms with Crippen LogP contribution in [-0.2, 0) is 0 Å². The molecule has 1 atom stereocenters. The average molecular weight is 324 g/mol. The van der Waals surface area contributed by atoms with Crippen LogP contribution in [0.5, 0.6) is 0 Å². The van der Waals surface area contributed by atoms with E-state index >= 15 is 0 Å². The summed E-state index contributed by atoms with van der Waals surface area (Å²) in [5.74, 6) is -0.0358. The molecule has 1 unspecified atom stereocenters. The van der Waals surface area contributed by atoms with E-state index in [2.05, 4.69) is 4.98 Å². The summed E-state index contributed by atoms with van der Waals surface area (Å²) in [7, 11) is 1.69. The molecule has 1 amide bonds. The van der Waals surface area contributed by atoms with Crippen LogP contribution in [0.4, 0.5) is 5.82 Å². The second-order valence-electron chi connectivity index (χ2n) is 4.71. The molecule has 2 aromatic rings. The van der Waals surface area contributed by atoms with E-state index in [1.807, 2.05) is 25.1 Å². The predicted molar refractivity (Wildman–Crippen MR) is 85.6 cm³/mol. The molecule has 1 heterocycles. The van der Waals surface area contributed by atoms with Gasteiger partial charge >= 0.3 is 0 Å². The molecule has 0 radical (unpaired) electrons. The van der Waals surface area contributed by atoms with Crippen LogP contribution in [-0.4, -0.2) is 22.8 Å². The third kappa shape index (κ3) is 3.46. The smallest absolute Gasteiger partial charge is 0.274 e. The highest BCUT2D eigenvalue weighted by molar-refractivity contribution is 6.33. The Morgan fingerprint density at radius 2 is 2.00 bits per heavy atom. The lowest BCUT2D eigenvalue weighted by molar-refractivity contribution is 0.0737. The Bertz CT molecular complexity index is 676. The number of hydrogen-bond donors (Lipinski definition) is 1. The minimum Gasteiger partial charge on any atom is -0.384 e. The van der Waals surface area contributed by atoms with Gasteiger partial charge in [-0.05, 0) is 36.8 Å². The number of anilines is 1.